The van der Waals surface area contributed by atoms with Gasteiger partial charge in [-0.05, 0) is 19.4 Å². The first kappa shape index (κ1) is 10.2. The molecule has 1 saturated heterocycles. The lowest BCUT2D eigenvalue weighted by atomic mass is 10.1. The second kappa shape index (κ2) is 4.44. The molecule has 1 amide bonds. The topological polar surface area (TPSA) is 59.0 Å². The minimum atomic E-state index is -0.0382. The molecule has 1 aromatic heterocycles. The second-order valence-electron chi connectivity index (χ2n) is 3.91. The Hall–Kier alpha value is -1.36. The van der Waals surface area contributed by atoms with Crippen LogP contribution < -0.4 is 10.6 Å². The molecule has 15 heavy (non-hydrogen) atoms. The fourth-order valence-electron chi connectivity index (χ4n) is 1.81. The lowest BCUT2D eigenvalue weighted by Crippen LogP contribution is -2.45. The number of amides is 1. The molecule has 1 unspecified atom stereocenters. The van der Waals surface area contributed by atoms with Gasteiger partial charge in [-0.2, -0.15) is 0 Å². The molecule has 1 aliphatic rings. The van der Waals surface area contributed by atoms with Gasteiger partial charge in [-0.15, -0.1) is 0 Å². The molecule has 2 rings (SSSR count). The highest BCUT2D eigenvalue weighted by molar-refractivity contribution is 5.92. The smallest absolute Gasteiger partial charge is 0.269 e. The Bertz CT molecular complexity index is 341. The SMILES string of the molecule is Cn1cncc1C(=O)NC1CCCNC1. The second-order valence-corrected chi connectivity index (χ2v) is 3.91. The predicted octanol–water partition coefficient (Wildman–Crippen LogP) is -0.0981. The molecule has 0 radical (unpaired) electrons. The number of carbonyl (C=O) groups is 1. The molecule has 0 aliphatic carbocycles. The zero-order chi connectivity index (χ0) is 10.7. The van der Waals surface area contributed by atoms with E-state index in [0.717, 1.165) is 25.9 Å². The van der Waals surface area contributed by atoms with Gasteiger partial charge in [0.25, 0.3) is 5.91 Å². The third kappa shape index (κ3) is 2.36. The predicted molar refractivity (Wildman–Crippen MR) is 56.6 cm³/mol. The standard InChI is InChI=1S/C10H16N4O/c1-14-7-12-6-9(14)10(15)13-8-3-2-4-11-5-8/h6-8,11H,2-5H2,1H3,(H,13,15). The molecule has 1 aromatic rings. The zero-order valence-electron chi connectivity index (χ0n) is 8.86. The van der Waals surface area contributed by atoms with Gasteiger partial charge < -0.3 is 15.2 Å². The lowest BCUT2D eigenvalue weighted by molar-refractivity contribution is 0.0922. The number of piperidine rings is 1. The molecule has 2 N–H and O–H groups in total. The Balaban J connectivity index is 1.94. The summed E-state index contributed by atoms with van der Waals surface area (Å²) in [6, 6.07) is 0.251. The maximum Gasteiger partial charge on any atom is 0.269 e. The van der Waals surface area contributed by atoms with Gasteiger partial charge in [0.1, 0.15) is 5.69 Å². The highest BCUT2D eigenvalue weighted by Gasteiger charge is 2.17. The van der Waals surface area contributed by atoms with E-state index in [1.807, 2.05) is 7.05 Å². The van der Waals surface area contributed by atoms with E-state index in [2.05, 4.69) is 15.6 Å². The van der Waals surface area contributed by atoms with Crippen LogP contribution in [-0.4, -0.2) is 34.6 Å². The van der Waals surface area contributed by atoms with Gasteiger partial charge in [-0.25, -0.2) is 4.98 Å². The lowest BCUT2D eigenvalue weighted by Gasteiger charge is -2.23. The van der Waals surface area contributed by atoms with Gasteiger partial charge in [0.15, 0.2) is 0 Å². The Morgan fingerprint density at radius 1 is 1.73 bits per heavy atom. The van der Waals surface area contributed by atoms with Crippen molar-refractivity contribution in [2.75, 3.05) is 13.1 Å². The molecule has 1 fully saturated rings. The van der Waals surface area contributed by atoms with E-state index < -0.39 is 0 Å². The minimum absolute atomic E-state index is 0.0382. The number of imidazole rings is 1. The molecule has 82 valence electrons. The summed E-state index contributed by atoms with van der Waals surface area (Å²) in [5.74, 6) is -0.0382. The summed E-state index contributed by atoms with van der Waals surface area (Å²) in [4.78, 5) is 15.7. The summed E-state index contributed by atoms with van der Waals surface area (Å²) in [7, 11) is 1.82. The Morgan fingerprint density at radius 3 is 3.20 bits per heavy atom. The van der Waals surface area contributed by atoms with Crippen molar-refractivity contribution < 1.29 is 4.79 Å². The normalized spacial score (nSPS) is 21.3. The van der Waals surface area contributed by atoms with Gasteiger partial charge in [-0.3, -0.25) is 4.79 Å². The molecule has 0 aromatic carbocycles. The van der Waals surface area contributed by atoms with Crippen LogP contribution in [0.15, 0.2) is 12.5 Å². The van der Waals surface area contributed by atoms with E-state index in [9.17, 15) is 4.79 Å². The van der Waals surface area contributed by atoms with Crippen LogP contribution in [0.3, 0.4) is 0 Å². The minimum Gasteiger partial charge on any atom is -0.347 e. The van der Waals surface area contributed by atoms with Crippen molar-refractivity contribution in [1.82, 2.24) is 20.2 Å². The van der Waals surface area contributed by atoms with E-state index in [0.29, 0.717) is 5.69 Å². The Kier molecular flexibility index (Phi) is 3.01. The number of aryl methyl sites for hydroxylation is 1. The Morgan fingerprint density at radius 2 is 2.60 bits per heavy atom. The molecule has 2 heterocycles. The van der Waals surface area contributed by atoms with Crippen LogP contribution in [-0.2, 0) is 7.05 Å². The highest BCUT2D eigenvalue weighted by atomic mass is 16.2. The van der Waals surface area contributed by atoms with Crippen LogP contribution in [0.1, 0.15) is 23.3 Å². The number of aromatic nitrogens is 2. The molecule has 1 atom stereocenters. The summed E-state index contributed by atoms with van der Waals surface area (Å²) in [6.45, 7) is 1.92. The van der Waals surface area contributed by atoms with Crippen LogP contribution in [0.4, 0.5) is 0 Å². The number of rotatable bonds is 2. The quantitative estimate of drug-likeness (QED) is 0.713. The van der Waals surface area contributed by atoms with Crippen LogP contribution in [0.25, 0.3) is 0 Å². The van der Waals surface area contributed by atoms with E-state index in [4.69, 9.17) is 0 Å². The van der Waals surface area contributed by atoms with E-state index in [1.54, 1.807) is 17.1 Å². The Labute approximate surface area is 88.9 Å². The van der Waals surface area contributed by atoms with Crippen molar-refractivity contribution in [2.45, 2.75) is 18.9 Å². The van der Waals surface area contributed by atoms with Crippen LogP contribution in [0.2, 0.25) is 0 Å². The van der Waals surface area contributed by atoms with Crippen molar-refractivity contribution >= 4 is 5.91 Å². The van der Waals surface area contributed by atoms with Gasteiger partial charge >= 0.3 is 0 Å². The van der Waals surface area contributed by atoms with Crippen molar-refractivity contribution in [3.63, 3.8) is 0 Å². The summed E-state index contributed by atoms with van der Waals surface area (Å²) >= 11 is 0. The molecule has 1 aliphatic heterocycles. The van der Waals surface area contributed by atoms with Gasteiger partial charge in [0.2, 0.25) is 0 Å². The summed E-state index contributed by atoms with van der Waals surface area (Å²) in [5, 5.41) is 6.26. The van der Waals surface area contributed by atoms with Crippen LogP contribution in [0.5, 0.6) is 0 Å². The summed E-state index contributed by atoms with van der Waals surface area (Å²) in [6.07, 6.45) is 5.40. The first-order valence-corrected chi connectivity index (χ1v) is 5.25. The molecular formula is C10H16N4O. The highest BCUT2D eigenvalue weighted by Crippen LogP contribution is 2.03. The fourth-order valence-corrected chi connectivity index (χ4v) is 1.81. The number of hydrogen-bond donors (Lipinski definition) is 2. The van der Waals surface area contributed by atoms with E-state index >= 15 is 0 Å². The largest absolute Gasteiger partial charge is 0.347 e. The van der Waals surface area contributed by atoms with Crippen molar-refractivity contribution in [2.24, 2.45) is 7.05 Å². The van der Waals surface area contributed by atoms with E-state index in [1.165, 1.54) is 0 Å². The molecule has 0 bridgehead atoms. The van der Waals surface area contributed by atoms with Gasteiger partial charge in [-0.1, -0.05) is 0 Å². The number of hydrogen-bond acceptors (Lipinski definition) is 3. The number of nitrogens with one attached hydrogen (secondary N) is 2. The maximum atomic E-state index is 11.8. The zero-order valence-corrected chi connectivity index (χ0v) is 8.86. The third-order valence-corrected chi connectivity index (χ3v) is 2.68. The molecule has 0 saturated carbocycles. The monoisotopic (exact) mass is 208 g/mol. The first-order valence-electron chi connectivity index (χ1n) is 5.25. The summed E-state index contributed by atoms with van der Waals surface area (Å²) in [5.41, 5.74) is 0.612. The average Bonchev–Trinajstić information content (AvgIpc) is 2.66. The van der Waals surface area contributed by atoms with Crippen molar-refractivity contribution in [3.05, 3.63) is 18.2 Å². The number of nitrogens with zero attached hydrogens (tertiary/aromatic N) is 2. The fraction of sp³-hybridized carbons (Fsp3) is 0.600. The van der Waals surface area contributed by atoms with Gasteiger partial charge in [0, 0.05) is 19.6 Å². The molecule has 5 nitrogen and oxygen atoms in total. The summed E-state index contributed by atoms with van der Waals surface area (Å²) < 4.78 is 1.73. The first-order chi connectivity index (χ1) is 7.27. The third-order valence-electron chi connectivity index (χ3n) is 2.68. The number of carbonyl (C=O) groups excluding carboxylic acids is 1. The molecule has 5 heteroatoms. The van der Waals surface area contributed by atoms with Gasteiger partial charge in [0.05, 0.1) is 12.5 Å². The van der Waals surface area contributed by atoms with Crippen molar-refractivity contribution in [3.8, 4) is 0 Å². The van der Waals surface area contributed by atoms with Crippen molar-refractivity contribution in [1.29, 1.82) is 0 Å². The average molecular weight is 208 g/mol. The van der Waals surface area contributed by atoms with Crippen LogP contribution in [0, 0.1) is 0 Å². The molecule has 0 spiro atoms. The molecular weight excluding hydrogens is 192 g/mol. The maximum absolute atomic E-state index is 11.8. The van der Waals surface area contributed by atoms with E-state index in [-0.39, 0.29) is 11.9 Å². The van der Waals surface area contributed by atoms with Crippen LogP contribution >= 0.6 is 0 Å².